The summed E-state index contributed by atoms with van der Waals surface area (Å²) in [6.45, 7) is 3.36. The first-order valence-electron chi connectivity index (χ1n) is 10.3. The van der Waals surface area contributed by atoms with Crippen LogP contribution in [0.2, 0.25) is 0 Å². The average Bonchev–Trinajstić information content (AvgIpc) is 3.14. The number of carbonyl (C=O) groups is 1. The third-order valence-electron chi connectivity index (χ3n) is 5.26. The third kappa shape index (κ3) is 7.23. The predicted molar refractivity (Wildman–Crippen MR) is 136 cm³/mol. The van der Waals surface area contributed by atoms with E-state index in [9.17, 15) is 4.79 Å². The first-order valence-corrected chi connectivity index (χ1v) is 11.2. The molecule has 30 heavy (non-hydrogen) atoms. The van der Waals surface area contributed by atoms with E-state index in [0.717, 1.165) is 53.6 Å². The van der Waals surface area contributed by atoms with Gasteiger partial charge in [0.15, 0.2) is 5.96 Å². The second-order valence-electron chi connectivity index (χ2n) is 7.64. The van der Waals surface area contributed by atoms with Crippen LogP contribution in [-0.2, 0) is 17.9 Å². The first kappa shape index (κ1) is 24.6. The minimum absolute atomic E-state index is 0. The van der Waals surface area contributed by atoms with Gasteiger partial charge in [0.2, 0.25) is 5.91 Å². The Morgan fingerprint density at radius 3 is 2.73 bits per heavy atom. The van der Waals surface area contributed by atoms with Crippen molar-refractivity contribution in [3.63, 3.8) is 0 Å². The molecule has 1 saturated carbocycles. The Morgan fingerprint density at radius 1 is 1.30 bits per heavy atom. The van der Waals surface area contributed by atoms with Gasteiger partial charge in [-0.1, -0.05) is 31.4 Å². The van der Waals surface area contributed by atoms with Gasteiger partial charge in [-0.2, -0.15) is 0 Å². The standard InChI is InChI=1S/C22H31N5OS.HI/c1-16-25-20(15-29-16)14-27(3)22(23-2)24-13-17-8-7-11-19(12-17)26-21(28)18-9-5-4-6-10-18;/h7-8,11-12,15,18H,4-6,9-10,13-14H2,1-3H3,(H,23,24)(H,26,28);1H. The highest BCUT2D eigenvalue weighted by Crippen LogP contribution is 2.25. The summed E-state index contributed by atoms with van der Waals surface area (Å²) in [6.07, 6.45) is 5.59. The van der Waals surface area contributed by atoms with E-state index in [2.05, 4.69) is 37.0 Å². The summed E-state index contributed by atoms with van der Waals surface area (Å²) in [7, 11) is 3.79. The predicted octanol–water partition coefficient (Wildman–Crippen LogP) is 4.80. The fourth-order valence-corrected chi connectivity index (χ4v) is 4.34. The highest BCUT2D eigenvalue weighted by Gasteiger charge is 2.21. The molecule has 1 amide bonds. The van der Waals surface area contributed by atoms with E-state index in [4.69, 9.17) is 0 Å². The molecule has 1 heterocycles. The zero-order valence-corrected chi connectivity index (χ0v) is 21.1. The number of hydrogen-bond donors (Lipinski definition) is 2. The second-order valence-corrected chi connectivity index (χ2v) is 8.70. The minimum Gasteiger partial charge on any atom is -0.352 e. The molecule has 0 atom stereocenters. The summed E-state index contributed by atoms with van der Waals surface area (Å²) < 4.78 is 0. The molecule has 2 N–H and O–H groups in total. The van der Waals surface area contributed by atoms with Crippen LogP contribution in [0.5, 0.6) is 0 Å². The van der Waals surface area contributed by atoms with E-state index in [-0.39, 0.29) is 35.8 Å². The van der Waals surface area contributed by atoms with Crippen LogP contribution >= 0.6 is 35.3 Å². The molecule has 0 unspecified atom stereocenters. The summed E-state index contributed by atoms with van der Waals surface area (Å²) in [4.78, 5) is 23.4. The van der Waals surface area contributed by atoms with Crippen LogP contribution in [0.1, 0.15) is 48.4 Å². The number of nitrogens with zero attached hydrogens (tertiary/aromatic N) is 3. The van der Waals surface area contributed by atoms with E-state index in [1.54, 1.807) is 18.4 Å². The lowest BCUT2D eigenvalue weighted by molar-refractivity contribution is -0.120. The number of guanidine groups is 1. The molecular weight excluding hydrogens is 509 g/mol. The lowest BCUT2D eigenvalue weighted by Gasteiger charge is -2.22. The minimum atomic E-state index is 0. The smallest absolute Gasteiger partial charge is 0.227 e. The fourth-order valence-electron chi connectivity index (χ4n) is 3.73. The lowest BCUT2D eigenvalue weighted by atomic mass is 9.88. The van der Waals surface area contributed by atoms with Crippen LogP contribution in [0, 0.1) is 12.8 Å². The van der Waals surface area contributed by atoms with Crippen molar-refractivity contribution < 1.29 is 4.79 Å². The van der Waals surface area contributed by atoms with Crippen LogP contribution in [0.15, 0.2) is 34.6 Å². The van der Waals surface area contributed by atoms with Crippen LogP contribution in [0.3, 0.4) is 0 Å². The summed E-state index contributed by atoms with van der Waals surface area (Å²) in [5.41, 5.74) is 3.01. The number of thiazole rings is 1. The molecule has 1 aromatic heterocycles. The molecule has 3 rings (SSSR count). The topological polar surface area (TPSA) is 69.6 Å². The monoisotopic (exact) mass is 541 g/mol. The number of aromatic nitrogens is 1. The van der Waals surface area contributed by atoms with Crippen LogP contribution in [0.4, 0.5) is 5.69 Å². The van der Waals surface area contributed by atoms with Crippen molar-refractivity contribution in [1.82, 2.24) is 15.2 Å². The molecule has 164 valence electrons. The number of anilines is 1. The normalized spacial score (nSPS) is 14.7. The molecule has 8 heteroatoms. The Bertz CT molecular complexity index is 848. The molecule has 1 aliphatic carbocycles. The number of aliphatic imine (C=N–C) groups is 1. The van der Waals surface area contributed by atoms with Gasteiger partial charge in [0, 0.05) is 37.6 Å². The maximum Gasteiger partial charge on any atom is 0.227 e. The number of rotatable bonds is 6. The maximum absolute atomic E-state index is 12.5. The molecular formula is C22H32IN5OS. The van der Waals surface area contributed by atoms with Crippen molar-refractivity contribution in [1.29, 1.82) is 0 Å². The lowest BCUT2D eigenvalue weighted by Crippen LogP contribution is -2.38. The fraction of sp³-hybridized carbons (Fsp3) is 0.500. The highest BCUT2D eigenvalue weighted by atomic mass is 127. The van der Waals surface area contributed by atoms with E-state index >= 15 is 0 Å². The molecule has 0 spiro atoms. The Hall–Kier alpha value is -1.68. The van der Waals surface area contributed by atoms with Crippen molar-refractivity contribution >= 4 is 52.9 Å². The van der Waals surface area contributed by atoms with Gasteiger partial charge in [-0.15, -0.1) is 35.3 Å². The molecule has 1 fully saturated rings. The molecule has 0 saturated heterocycles. The molecule has 2 aromatic rings. The van der Waals surface area contributed by atoms with Crippen LogP contribution in [0.25, 0.3) is 0 Å². The van der Waals surface area contributed by atoms with Crippen molar-refractivity contribution in [2.24, 2.45) is 10.9 Å². The van der Waals surface area contributed by atoms with E-state index < -0.39 is 0 Å². The van der Waals surface area contributed by atoms with Crippen molar-refractivity contribution in [3.8, 4) is 0 Å². The summed E-state index contributed by atoms with van der Waals surface area (Å²) in [6, 6.07) is 8.03. The van der Waals surface area contributed by atoms with Crippen LogP contribution in [-0.4, -0.2) is 35.8 Å². The van der Waals surface area contributed by atoms with Gasteiger partial charge >= 0.3 is 0 Å². The van der Waals surface area contributed by atoms with Gasteiger partial charge < -0.3 is 15.5 Å². The summed E-state index contributed by atoms with van der Waals surface area (Å²) in [5.74, 6) is 1.13. The van der Waals surface area contributed by atoms with E-state index in [1.807, 2.05) is 32.2 Å². The number of benzene rings is 1. The second kappa shape index (κ2) is 12.2. The SMILES string of the molecule is CN=C(NCc1cccc(NC(=O)C2CCCCC2)c1)N(C)Cc1csc(C)n1.I. The molecule has 0 radical (unpaired) electrons. The van der Waals surface area contributed by atoms with Crippen molar-refractivity contribution in [3.05, 3.63) is 45.9 Å². The van der Waals surface area contributed by atoms with Crippen molar-refractivity contribution in [2.45, 2.75) is 52.1 Å². The summed E-state index contributed by atoms with van der Waals surface area (Å²) in [5, 5.41) is 9.65. The zero-order chi connectivity index (χ0) is 20.6. The number of halogens is 1. The number of carbonyl (C=O) groups excluding carboxylic acids is 1. The Morgan fingerprint density at radius 2 is 2.07 bits per heavy atom. The Balaban J connectivity index is 0.00000320. The van der Waals surface area contributed by atoms with Gasteiger partial charge in [-0.3, -0.25) is 9.79 Å². The molecule has 1 aromatic carbocycles. The third-order valence-corrected chi connectivity index (χ3v) is 6.08. The number of nitrogens with one attached hydrogen (secondary N) is 2. The molecule has 6 nitrogen and oxygen atoms in total. The largest absolute Gasteiger partial charge is 0.352 e. The molecule has 0 aliphatic heterocycles. The molecule has 0 bridgehead atoms. The van der Waals surface area contributed by atoms with Gasteiger partial charge in [-0.25, -0.2) is 4.98 Å². The first-order chi connectivity index (χ1) is 14.0. The Labute approximate surface area is 200 Å². The van der Waals surface area contributed by atoms with Gasteiger partial charge in [0.1, 0.15) is 0 Å². The highest BCUT2D eigenvalue weighted by molar-refractivity contribution is 14.0. The zero-order valence-electron chi connectivity index (χ0n) is 18.0. The van der Waals surface area contributed by atoms with E-state index in [1.165, 1.54) is 6.42 Å². The van der Waals surface area contributed by atoms with Gasteiger partial charge in [0.25, 0.3) is 0 Å². The summed E-state index contributed by atoms with van der Waals surface area (Å²) >= 11 is 1.66. The van der Waals surface area contributed by atoms with Gasteiger partial charge in [-0.05, 0) is 37.5 Å². The van der Waals surface area contributed by atoms with Crippen molar-refractivity contribution in [2.75, 3.05) is 19.4 Å². The number of aryl methyl sites for hydroxylation is 1. The quantitative estimate of drug-likeness (QED) is 0.314. The van der Waals surface area contributed by atoms with Gasteiger partial charge in [0.05, 0.1) is 17.2 Å². The van der Waals surface area contributed by atoms with Crippen LogP contribution < -0.4 is 10.6 Å². The maximum atomic E-state index is 12.5. The average molecular weight is 542 g/mol. The number of amides is 1. The van der Waals surface area contributed by atoms with E-state index in [0.29, 0.717) is 13.1 Å². The molecule has 1 aliphatic rings. The Kier molecular flexibility index (Phi) is 10.0. The number of hydrogen-bond acceptors (Lipinski definition) is 4.